The van der Waals surface area contributed by atoms with Gasteiger partial charge in [0.1, 0.15) is 0 Å². The lowest BCUT2D eigenvalue weighted by Crippen LogP contribution is -2.43. The largest absolute Gasteiger partial charge is 0.481 e. The van der Waals surface area contributed by atoms with Gasteiger partial charge < -0.3 is 10.1 Å². The van der Waals surface area contributed by atoms with Crippen molar-refractivity contribution in [2.45, 2.75) is 12.8 Å². The third-order valence-corrected chi connectivity index (χ3v) is 3.93. The summed E-state index contributed by atoms with van der Waals surface area (Å²) in [5.74, 6) is -0.499. The molecule has 7 heteroatoms. The fraction of sp³-hybridized carbons (Fsp3) is 0.222. The minimum absolute atomic E-state index is 0.0195. The van der Waals surface area contributed by atoms with Crippen LogP contribution in [0.4, 0.5) is 5.69 Å². The highest BCUT2D eigenvalue weighted by Crippen LogP contribution is 2.20. The molecule has 1 N–H and O–H groups in total. The Labute approximate surface area is 144 Å². The molecule has 3 rings (SSSR count). The lowest BCUT2D eigenvalue weighted by molar-refractivity contribution is -0.128. The predicted octanol–water partition coefficient (Wildman–Crippen LogP) is 1.64. The van der Waals surface area contributed by atoms with E-state index in [-0.39, 0.29) is 37.1 Å². The summed E-state index contributed by atoms with van der Waals surface area (Å²) in [5, 5.41) is 2.68. The highest BCUT2D eigenvalue weighted by atomic mass is 16.5. The van der Waals surface area contributed by atoms with Gasteiger partial charge in [-0.2, -0.15) is 0 Å². The first-order valence-electron chi connectivity index (χ1n) is 7.81. The van der Waals surface area contributed by atoms with Gasteiger partial charge in [0.2, 0.25) is 17.7 Å². The number of pyridine rings is 1. The zero-order valence-corrected chi connectivity index (χ0v) is 13.7. The van der Waals surface area contributed by atoms with Crippen LogP contribution in [-0.4, -0.2) is 41.3 Å². The maximum Gasteiger partial charge on any atom is 0.260 e. The van der Waals surface area contributed by atoms with E-state index in [4.69, 9.17) is 4.74 Å². The van der Waals surface area contributed by atoms with Gasteiger partial charge in [-0.3, -0.25) is 19.3 Å². The van der Waals surface area contributed by atoms with E-state index in [1.54, 1.807) is 36.4 Å². The molecule has 0 radical (unpaired) electrons. The maximum atomic E-state index is 12.4. The topological polar surface area (TPSA) is 88.6 Å². The van der Waals surface area contributed by atoms with E-state index in [2.05, 4.69) is 10.3 Å². The van der Waals surface area contributed by atoms with Crippen molar-refractivity contribution in [1.82, 2.24) is 9.88 Å². The Bertz CT molecular complexity index is 817. The summed E-state index contributed by atoms with van der Waals surface area (Å²) in [6, 6.07) is 10.3. The number of nitrogens with one attached hydrogen (secondary N) is 1. The summed E-state index contributed by atoms with van der Waals surface area (Å²) >= 11 is 0. The van der Waals surface area contributed by atoms with Crippen LogP contribution >= 0.6 is 0 Å². The van der Waals surface area contributed by atoms with Crippen LogP contribution in [0.5, 0.6) is 5.88 Å². The molecule has 2 heterocycles. The molecule has 0 spiro atoms. The lowest BCUT2D eigenvalue weighted by atomic mass is 9.98. The number of rotatable bonds is 5. The standard InChI is InChI=1S/C18H17N3O4/c1-25-16-7-6-13(11-19-16)20-15(22)8-9-21-17(23)10-12-4-2-3-5-14(12)18(21)24/h2-7,11H,8-10H2,1H3,(H,20,22). The van der Waals surface area contributed by atoms with Crippen LogP contribution in [0.15, 0.2) is 42.6 Å². The predicted molar refractivity (Wildman–Crippen MR) is 90.2 cm³/mol. The molecule has 0 bridgehead atoms. The summed E-state index contributed by atoms with van der Waals surface area (Å²) in [6.45, 7) is 0.0431. The molecular weight excluding hydrogens is 322 g/mol. The summed E-state index contributed by atoms with van der Waals surface area (Å²) in [5.41, 5.74) is 1.76. The zero-order valence-electron chi connectivity index (χ0n) is 13.7. The van der Waals surface area contributed by atoms with Gasteiger partial charge in [-0.15, -0.1) is 0 Å². The Morgan fingerprint density at radius 3 is 2.76 bits per heavy atom. The molecule has 25 heavy (non-hydrogen) atoms. The van der Waals surface area contributed by atoms with E-state index in [9.17, 15) is 14.4 Å². The zero-order chi connectivity index (χ0) is 17.8. The number of ether oxygens (including phenoxy) is 1. The van der Waals surface area contributed by atoms with Gasteiger partial charge in [-0.25, -0.2) is 4.98 Å². The van der Waals surface area contributed by atoms with Gasteiger partial charge in [0.15, 0.2) is 0 Å². The number of amides is 3. The van der Waals surface area contributed by atoms with Gasteiger partial charge in [0, 0.05) is 24.6 Å². The molecule has 0 saturated heterocycles. The van der Waals surface area contributed by atoms with Crippen molar-refractivity contribution in [2.24, 2.45) is 0 Å². The number of methoxy groups -OCH3 is 1. The summed E-state index contributed by atoms with van der Waals surface area (Å²) in [7, 11) is 1.51. The van der Waals surface area contributed by atoms with Crippen LogP contribution in [0, 0.1) is 0 Å². The number of fused-ring (bicyclic) bond motifs is 1. The van der Waals surface area contributed by atoms with Crippen molar-refractivity contribution in [3.05, 3.63) is 53.7 Å². The number of hydrogen-bond donors (Lipinski definition) is 1. The number of carbonyl (C=O) groups excluding carboxylic acids is 3. The summed E-state index contributed by atoms with van der Waals surface area (Å²) in [4.78, 5) is 41.8. The van der Waals surface area contributed by atoms with Gasteiger partial charge >= 0.3 is 0 Å². The van der Waals surface area contributed by atoms with Gasteiger partial charge in [0.25, 0.3) is 5.91 Å². The Morgan fingerprint density at radius 1 is 1.24 bits per heavy atom. The van der Waals surface area contributed by atoms with Crippen LogP contribution in [0.1, 0.15) is 22.3 Å². The van der Waals surface area contributed by atoms with E-state index >= 15 is 0 Å². The molecule has 1 aliphatic rings. The molecule has 0 unspecified atom stereocenters. The third kappa shape index (κ3) is 3.65. The molecule has 0 aliphatic carbocycles. The third-order valence-electron chi connectivity index (χ3n) is 3.93. The molecule has 0 saturated carbocycles. The number of carbonyl (C=O) groups is 3. The minimum atomic E-state index is -0.356. The number of benzene rings is 1. The van der Waals surface area contributed by atoms with Gasteiger partial charge in [-0.05, 0) is 17.7 Å². The van der Waals surface area contributed by atoms with Crippen LogP contribution in [0.2, 0.25) is 0 Å². The van der Waals surface area contributed by atoms with E-state index in [0.29, 0.717) is 17.1 Å². The molecule has 3 amide bonds. The second-order valence-electron chi connectivity index (χ2n) is 5.57. The van der Waals surface area contributed by atoms with Crippen molar-refractivity contribution in [1.29, 1.82) is 0 Å². The second kappa shape index (κ2) is 7.12. The normalized spacial score (nSPS) is 13.4. The van der Waals surface area contributed by atoms with Crippen LogP contribution in [0.3, 0.4) is 0 Å². The van der Waals surface area contributed by atoms with E-state index < -0.39 is 0 Å². The Hall–Kier alpha value is -3.22. The molecule has 1 aliphatic heterocycles. The molecule has 128 valence electrons. The average molecular weight is 339 g/mol. The monoisotopic (exact) mass is 339 g/mol. The number of aromatic nitrogens is 1. The molecular formula is C18H17N3O4. The first-order valence-corrected chi connectivity index (χ1v) is 7.81. The van der Waals surface area contributed by atoms with Crippen molar-refractivity contribution in [3.63, 3.8) is 0 Å². The Morgan fingerprint density at radius 2 is 2.04 bits per heavy atom. The minimum Gasteiger partial charge on any atom is -0.481 e. The Kier molecular flexibility index (Phi) is 4.74. The molecule has 1 aromatic heterocycles. The SMILES string of the molecule is COc1ccc(NC(=O)CCN2C(=O)Cc3ccccc3C2=O)cn1. The number of anilines is 1. The quantitative estimate of drug-likeness (QED) is 0.837. The van der Waals surface area contributed by atoms with E-state index in [0.717, 1.165) is 10.5 Å². The van der Waals surface area contributed by atoms with Crippen molar-refractivity contribution in [2.75, 3.05) is 19.0 Å². The van der Waals surface area contributed by atoms with E-state index in [1.165, 1.54) is 13.3 Å². The van der Waals surface area contributed by atoms with Crippen LogP contribution in [-0.2, 0) is 16.0 Å². The Balaban J connectivity index is 1.60. The maximum absolute atomic E-state index is 12.4. The number of hydrogen-bond acceptors (Lipinski definition) is 5. The average Bonchev–Trinajstić information content (AvgIpc) is 2.62. The molecule has 7 nitrogen and oxygen atoms in total. The van der Waals surface area contributed by atoms with Gasteiger partial charge in [-0.1, -0.05) is 18.2 Å². The number of nitrogens with zero attached hydrogens (tertiary/aromatic N) is 2. The van der Waals surface area contributed by atoms with Crippen LogP contribution in [0.25, 0.3) is 0 Å². The van der Waals surface area contributed by atoms with Crippen LogP contribution < -0.4 is 10.1 Å². The summed E-state index contributed by atoms with van der Waals surface area (Å²) < 4.78 is 4.95. The molecule has 0 atom stereocenters. The molecule has 1 aromatic carbocycles. The first-order chi connectivity index (χ1) is 12.1. The summed E-state index contributed by atoms with van der Waals surface area (Å²) in [6.07, 6.45) is 1.67. The van der Waals surface area contributed by atoms with Crippen molar-refractivity contribution < 1.29 is 19.1 Å². The smallest absolute Gasteiger partial charge is 0.260 e. The van der Waals surface area contributed by atoms with Gasteiger partial charge in [0.05, 0.1) is 25.4 Å². The lowest BCUT2D eigenvalue weighted by Gasteiger charge is -2.26. The molecule has 2 aromatic rings. The van der Waals surface area contributed by atoms with Crippen molar-refractivity contribution in [3.8, 4) is 5.88 Å². The van der Waals surface area contributed by atoms with E-state index in [1.807, 2.05) is 0 Å². The molecule has 0 fully saturated rings. The fourth-order valence-corrected chi connectivity index (χ4v) is 2.64. The first kappa shape index (κ1) is 16.6. The fourth-order valence-electron chi connectivity index (χ4n) is 2.64. The highest BCUT2D eigenvalue weighted by Gasteiger charge is 2.30. The number of imide groups is 1. The van der Waals surface area contributed by atoms with Crippen molar-refractivity contribution >= 4 is 23.4 Å². The second-order valence-corrected chi connectivity index (χ2v) is 5.57. The highest BCUT2D eigenvalue weighted by molar-refractivity contribution is 6.10.